The molecule has 2 aromatic carbocycles. The topological polar surface area (TPSA) is 59.4 Å². The first-order chi connectivity index (χ1) is 13.9. The van der Waals surface area contributed by atoms with Gasteiger partial charge in [-0.1, -0.05) is 23.8 Å². The summed E-state index contributed by atoms with van der Waals surface area (Å²) in [5, 5.41) is 7.39. The van der Waals surface area contributed by atoms with Gasteiger partial charge in [-0.15, -0.1) is 0 Å². The molecule has 0 spiro atoms. The maximum atomic E-state index is 13.9. The van der Waals surface area contributed by atoms with Crippen molar-refractivity contribution in [1.29, 1.82) is 0 Å². The smallest absolute Gasteiger partial charge is 0.239 e. The molecule has 0 aliphatic rings. The average molecular weight is 396 g/mol. The number of carbonyl (C=O) groups excluding carboxylic acids is 1. The summed E-state index contributed by atoms with van der Waals surface area (Å²) >= 11 is 0. The van der Waals surface area contributed by atoms with Crippen molar-refractivity contribution in [3.8, 4) is 11.4 Å². The molecule has 0 unspecified atom stereocenters. The lowest BCUT2D eigenvalue weighted by atomic mass is 10.2. The van der Waals surface area contributed by atoms with Crippen LogP contribution >= 0.6 is 0 Å². The first-order valence-corrected chi connectivity index (χ1v) is 9.30. The van der Waals surface area contributed by atoms with E-state index in [9.17, 15) is 9.18 Å². The fourth-order valence-electron chi connectivity index (χ4n) is 3.07. The Balaban J connectivity index is 1.65. The number of amides is 1. The molecule has 0 saturated heterocycles. The van der Waals surface area contributed by atoms with Gasteiger partial charge in [0.1, 0.15) is 5.82 Å². The van der Waals surface area contributed by atoms with Gasteiger partial charge in [0.2, 0.25) is 5.91 Å². The van der Waals surface area contributed by atoms with Crippen LogP contribution in [0.4, 0.5) is 10.2 Å². The summed E-state index contributed by atoms with van der Waals surface area (Å²) in [6.45, 7) is 4.49. The van der Waals surface area contributed by atoms with Crippen LogP contribution in [0.5, 0.6) is 5.75 Å². The maximum Gasteiger partial charge on any atom is 0.239 e. The van der Waals surface area contributed by atoms with Gasteiger partial charge in [-0.3, -0.25) is 9.69 Å². The molecule has 1 amide bonds. The zero-order chi connectivity index (χ0) is 21.0. The van der Waals surface area contributed by atoms with Crippen molar-refractivity contribution in [2.75, 3.05) is 26.0 Å². The van der Waals surface area contributed by atoms with Gasteiger partial charge < -0.3 is 10.1 Å². The van der Waals surface area contributed by atoms with Crippen molar-refractivity contribution >= 4 is 11.7 Å². The molecule has 1 heterocycles. The first-order valence-electron chi connectivity index (χ1n) is 9.30. The molecule has 0 aliphatic heterocycles. The predicted octanol–water partition coefficient (Wildman–Crippen LogP) is 3.71. The molecule has 0 radical (unpaired) electrons. The molecule has 0 fully saturated rings. The average Bonchev–Trinajstić information content (AvgIpc) is 3.02. The lowest BCUT2D eigenvalue weighted by molar-refractivity contribution is -0.117. The molecule has 152 valence electrons. The minimum Gasteiger partial charge on any atom is -0.494 e. The first kappa shape index (κ1) is 20.5. The van der Waals surface area contributed by atoms with E-state index in [1.165, 1.54) is 13.2 Å². The maximum absolute atomic E-state index is 13.9. The second-order valence-electron chi connectivity index (χ2n) is 7.11. The van der Waals surface area contributed by atoms with Crippen LogP contribution in [0.2, 0.25) is 0 Å². The van der Waals surface area contributed by atoms with Gasteiger partial charge in [0.15, 0.2) is 11.6 Å². The molecule has 3 aromatic rings. The minimum absolute atomic E-state index is 0.159. The molecule has 6 nitrogen and oxygen atoms in total. The van der Waals surface area contributed by atoms with Crippen molar-refractivity contribution < 1.29 is 13.9 Å². The van der Waals surface area contributed by atoms with E-state index in [-0.39, 0.29) is 18.2 Å². The summed E-state index contributed by atoms with van der Waals surface area (Å²) in [5.74, 6) is 0.226. The molecule has 7 heteroatoms. The number of aryl methyl sites for hydroxylation is 2. The van der Waals surface area contributed by atoms with Crippen LogP contribution in [-0.4, -0.2) is 41.3 Å². The van der Waals surface area contributed by atoms with Gasteiger partial charge >= 0.3 is 0 Å². The lowest BCUT2D eigenvalue weighted by Gasteiger charge is -2.17. The normalized spacial score (nSPS) is 11.0. The van der Waals surface area contributed by atoms with Gasteiger partial charge in [-0.25, -0.2) is 9.07 Å². The second kappa shape index (κ2) is 8.87. The highest BCUT2D eigenvalue weighted by molar-refractivity contribution is 5.91. The van der Waals surface area contributed by atoms with Crippen LogP contribution in [0.3, 0.4) is 0 Å². The van der Waals surface area contributed by atoms with Crippen LogP contribution in [-0.2, 0) is 11.3 Å². The van der Waals surface area contributed by atoms with Gasteiger partial charge in [0, 0.05) is 12.6 Å². The Morgan fingerprint density at radius 1 is 1.17 bits per heavy atom. The third-order valence-electron chi connectivity index (χ3n) is 4.46. The van der Waals surface area contributed by atoms with Crippen molar-refractivity contribution in [3.05, 3.63) is 71.2 Å². The number of carbonyl (C=O) groups is 1. The van der Waals surface area contributed by atoms with E-state index in [1.807, 2.05) is 56.1 Å². The van der Waals surface area contributed by atoms with Crippen LogP contribution < -0.4 is 10.1 Å². The fraction of sp³-hybridized carbons (Fsp3) is 0.273. The Morgan fingerprint density at radius 3 is 2.55 bits per heavy atom. The highest BCUT2D eigenvalue weighted by Crippen LogP contribution is 2.19. The van der Waals surface area contributed by atoms with Gasteiger partial charge in [-0.2, -0.15) is 5.10 Å². The number of rotatable bonds is 7. The molecular formula is C22H25FN4O2. The lowest BCUT2D eigenvalue weighted by Crippen LogP contribution is -2.30. The van der Waals surface area contributed by atoms with E-state index in [0.29, 0.717) is 12.4 Å². The SMILES string of the molecule is COc1ccc(CN(C)CC(=O)Nc2cc(C)nn2-c2ccc(C)cc2)cc1F. The third-order valence-corrected chi connectivity index (χ3v) is 4.46. The fourth-order valence-corrected chi connectivity index (χ4v) is 3.07. The van der Waals surface area contributed by atoms with Gasteiger partial charge in [0.25, 0.3) is 0 Å². The molecule has 0 aliphatic carbocycles. The number of benzene rings is 2. The van der Waals surface area contributed by atoms with Crippen molar-refractivity contribution in [2.24, 2.45) is 0 Å². The van der Waals surface area contributed by atoms with Crippen molar-refractivity contribution in [2.45, 2.75) is 20.4 Å². The molecular weight excluding hydrogens is 371 g/mol. The van der Waals surface area contributed by atoms with Crippen molar-refractivity contribution in [3.63, 3.8) is 0 Å². The quantitative estimate of drug-likeness (QED) is 0.662. The molecule has 0 saturated carbocycles. The van der Waals surface area contributed by atoms with Crippen LogP contribution in [0.15, 0.2) is 48.5 Å². The van der Waals surface area contributed by atoms with E-state index in [0.717, 1.165) is 22.5 Å². The van der Waals surface area contributed by atoms with Crippen LogP contribution in [0.1, 0.15) is 16.8 Å². The summed E-state index contributed by atoms with van der Waals surface area (Å²) in [7, 11) is 3.24. The molecule has 1 aromatic heterocycles. The predicted molar refractivity (Wildman–Crippen MR) is 111 cm³/mol. The number of likely N-dealkylation sites (N-methyl/N-ethyl adjacent to an activating group) is 1. The molecule has 0 bridgehead atoms. The highest BCUT2D eigenvalue weighted by Gasteiger charge is 2.13. The number of hydrogen-bond acceptors (Lipinski definition) is 4. The van der Waals surface area contributed by atoms with Gasteiger partial charge in [0.05, 0.1) is 25.0 Å². The van der Waals surface area contributed by atoms with E-state index in [2.05, 4.69) is 10.4 Å². The Kier molecular flexibility index (Phi) is 6.29. The Labute approximate surface area is 169 Å². The molecule has 0 atom stereocenters. The van der Waals surface area contributed by atoms with E-state index >= 15 is 0 Å². The third kappa shape index (κ3) is 5.20. The zero-order valence-corrected chi connectivity index (χ0v) is 17.1. The summed E-state index contributed by atoms with van der Waals surface area (Å²) in [6.07, 6.45) is 0. The zero-order valence-electron chi connectivity index (χ0n) is 17.1. The number of nitrogens with zero attached hydrogens (tertiary/aromatic N) is 3. The molecule has 3 rings (SSSR count). The Hall–Kier alpha value is -3.19. The Morgan fingerprint density at radius 2 is 1.90 bits per heavy atom. The number of hydrogen-bond donors (Lipinski definition) is 1. The number of nitrogens with one attached hydrogen (secondary N) is 1. The summed E-state index contributed by atoms with van der Waals surface area (Å²) in [4.78, 5) is 14.4. The number of methoxy groups -OCH3 is 1. The number of ether oxygens (including phenoxy) is 1. The summed E-state index contributed by atoms with van der Waals surface area (Å²) < 4.78 is 20.5. The monoisotopic (exact) mass is 396 g/mol. The van der Waals surface area contributed by atoms with E-state index in [4.69, 9.17) is 4.74 Å². The molecule has 1 N–H and O–H groups in total. The van der Waals surface area contributed by atoms with Crippen molar-refractivity contribution in [1.82, 2.24) is 14.7 Å². The highest BCUT2D eigenvalue weighted by atomic mass is 19.1. The standard InChI is InChI=1S/C22H25FN4O2/c1-15-5-8-18(9-6-15)27-21(11-16(2)25-27)24-22(28)14-26(3)13-17-7-10-20(29-4)19(23)12-17/h5-12H,13-14H2,1-4H3,(H,24,28). The molecule has 29 heavy (non-hydrogen) atoms. The van der Waals surface area contributed by atoms with Crippen LogP contribution in [0, 0.1) is 19.7 Å². The summed E-state index contributed by atoms with van der Waals surface area (Å²) in [5.41, 5.74) is 3.60. The summed E-state index contributed by atoms with van der Waals surface area (Å²) in [6, 6.07) is 14.5. The second-order valence-corrected chi connectivity index (χ2v) is 7.11. The van der Waals surface area contributed by atoms with Crippen LogP contribution in [0.25, 0.3) is 5.69 Å². The van der Waals surface area contributed by atoms with E-state index in [1.54, 1.807) is 16.8 Å². The number of halogens is 1. The minimum atomic E-state index is -0.416. The van der Waals surface area contributed by atoms with E-state index < -0.39 is 5.82 Å². The number of aromatic nitrogens is 2. The number of anilines is 1. The van der Waals surface area contributed by atoms with Gasteiger partial charge in [-0.05, 0) is 50.7 Å². The largest absolute Gasteiger partial charge is 0.494 e. The Bertz CT molecular complexity index is 999.